The molecule has 2 fully saturated rings. The van der Waals surface area contributed by atoms with E-state index in [2.05, 4.69) is 148 Å². The molecule has 59 heavy (non-hydrogen) atoms. The average Bonchev–Trinajstić information content (AvgIpc) is 3.84. The van der Waals surface area contributed by atoms with E-state index in [1.807, 2.05) is 31.2 Å². The third-order valence-corrected chi connectivity index (χ3v) is 7.54. The molecule has 3 aromatic rings. The third kappa shape index (κ3) is 22.1. The van der Waals surface area contributed by atoms with E-state index in [0.29, 0.717) is 55.8 Å². The van der Waals surface area contributed by atoms with Crippen LogP contribution in [0, 0.1) is 23.2 Å². The Labute approximate surface area is 349 Å². The van der Waals surface area contributed by atoms with Gasteiger partial charge in [0, 0.05) is 31.5 Å². The molecule has 1 amide bonds. The predicted molar refractivity (Wildman–Crippen MR) is 233 cm³/mol. The fourth-order valence-electron chi connectivity index (χ4n) is 5.37. The van der Waals surface area contributed by atoms with Gasteiger partial charge in [-0.05, 0) is 62.0 Å². The van der Waals surface area contributed by atoms with Gasteiger partial charge in [0.25, 0.3) is 0 Å². The van der Waals surface area contributed by atoms with Crippen LogP contribution in [0.2, 0.25) is 5.28 Å². The standard InChI is InChI=1S/C27H29ClN6O4.CH5N.CH4.9H4N2/c1-2-29-19(36)10-5-3-4-7-16-8-6-9-17(11-16)13-30-24-20-25(33-26(28)32-24)34(15-31-20)21-18-12-27(18,14-35)23(38)22(21)37;1-2;;9*1-2/h6,8-9,11,14-15,18,21-23,37-38H,2-3,5,10,12-13H2,1H3,(H,29,36)(H,30,32,33);2H2,1H3;1H4;9*1-2H2/t18-,21-,22-,23?,27+;;;;;;;;;;;/m1.........../s1. The maximum atomic E-state index is 11.6. The number of halogens is 1. The number of nitrogens with one attached hydrogen (secondary N) is 2. The number of imidazole rings is 1. The topological polar surface area (TPSA) is 637 Å². The number of nitrogens with two attached hydrogens (primary N) is 19. The molecule has 0 aliphatic heterocycles. The number of hydrogen-bond acceptors (Lipinski definition) is 27. The highest BCUT2D eigenvalue weighted by Gasteiger charge is 2.72. The van der Waals surface area contributed by atoms with Gasteiger partial charge in [0.05, 0.1) is 23.9 Å². The number of aliphatic hydroxyl groups excluding tert-OH is 2. The molecule has 1 aromatic carbocycles. The van der Waals surface area contributed by atoms with Crippen LogP contribution in [0.25, 0.3) is 11.2 Å². The Morgan fingerprint density at radius 2 is 1.47 bits per heavy atom. The zero-order chi connectivity index (χ0) is 46.9. The lowest BCUT2D eigenvalue weighted by Crippen LogP contribution is -2.34. The van der Waals surface area contributed by atoms with Gasteiger partial charge in [-0.25, -0.2) is 4.98 Å². The first-order chi connectivity index (χ1) is 28.4. The minimum Gasteiger partial charge on any atom is -0.389 e. The third-order valence-electron chi connectivity index (χ3n) is 7.37. The highest BCUT2D eigenvalue weighted by Crippen LogP contribution is 2.66. The van der Waals surface area contributed by atoms with Gasteiger partial charge >= 0.3 is 0 Å². The Kier molecular flexibility index (Phi) is 54.5. The molecule has 0 bridgehead atoms. The van der Waals surface area contributed by atoms with E-state index in [1.165, 1.54) is 7.05 Å². The Bertz CT molecular complexity index is 1470. The molecule has 2 saturated carbocycles. The smallest absolute Gasteiger partial charge is 0.226 e. The van der Waals surface area contributed by atoms with Crippen molar-refractivity contribution in [1.82, 2.24) is 24.8 Å². The first-order valence-corrected chi connectivity index (χ1v) is 16.6. The van der Waals surface area contributed by atoms with Gasteiger partial charge in [-0.1, -0.05) is 31.4 Å². The maximum Gasteiger partial charge on any atom is 0.226 e. The molecule has 5 atom stereocenters. The van der Waals surface area contributed by atoms with E-state index in [1.54, 1.807) is 10.9 Å². The van der Waals surface area contributed by atoms with Crippen LogP contribution < -0.4 is 122 Å². The van der Waals surface area contributed by atoms with Crippen LogP contribution in [-0.4, -0.2) is 67.7 Å². The molecular weight excluding hydrogens is 798 g/mol. The van der Waals surface area contributed by atoms with E-state index >= 15 is 0 Å². The number of anilines is 1. The molecule has 1 unspecified atom stereocenters. The number of nitrogens with zero attached hydrogens (tertiary/aromatic N) is 4. The van der Waals surface area contributed by atoms with Gasteiger partial charge in [0.1, 0.15) is 12.4 Å². The molecule has 0 saturated heterocycles. The summed E-state index contributed by atoms with van der Waals surface area (Å²) in [6.07, 6.45) is 2.39. The van der Waals surface area contributed by atoms with Crippen molar-refractivity contribution in [2.45, 2.75) is 64.8 Å². The number of amides is 1. The number of unbranched alkanes of at least 4 members (excludes halogenated alkanes) is 1. The summed E-state index contributed by atoms with van der Waals surface area (Å²) in [4.78, 5) is 36.2. The Balaban J connectivity index is -0.000000226. The van der Waals surface area contributed by atoms with Crippen LogP contribution in [0.15, 0.2) is 30.6 Å². The monoisotopic (exact) mass is 872 g/mol. The maximum absolute atomic E-state index is 11.6. The van der Waals surface area contributed by atoms with Gasteiger partial charge in [0.2, 0.25) is 11.2 Å². The number of rotatable bonds is 9. The van der Waals surface area contributed by atoms with Crippen LogP contribution in [0.1, 0.15) is 57.2 Å². The van der Waals surface area contributed by atoms with Crippen molar-refractivity contribution < 1.29 is 19.8 Å². The SMILES string of the molecule is C.CCNC(=O)CCCC#Cc1cccc(CNc2nc(Cl)nc3c2ncn3[C@@H]2[C@H]3C[C@@]3(C=O)C(O)[C@@H]2O)c1.CN.NN.NN.NN.NN.NN.NN.NN.NN.NN. The minimum absolute atomic E-state index is 0. The normalized spacial score (nSPS) is 17.4. The zero-order valence-corrected chi connectivity index (χ0v) is 33.6. The quantitative estimate of drug-likeness (QED) is 0.0237. The van der Waals surface area contributed by atoms with Crippen LogP contribution in [0.5, 0.6) is 0 Å². The Morgan fingerprint density at radius 1 is 0.932 bits per heavy atom. The Morgan fingerprint density at radius 3 is 1.97 bits per heavy atom. The first-order valence-electron chi connectivity index (χ1n) is 16.3. The van der Waals surface area contributed by atoms with Crippen LogP contribution in [-0.2, 0) is 16.1 Å². The second-order valence-electron chi connectivity index (χ2n) is 9.79. The van der Waals surface area contributed by atoms with Crippen LogP contribution in [0.4, 0.5) is 5.82 Å². The lowest BCUT2D eigenvalue weighted by Gasteiger charge is -2.22. The van der Waals surface area contributed by atoms with Crippen molar-refractivity contribution in [2.75, 3.05) is 18.9 Å². The molecule has 42 N–H and O–H groups in total. The molecular formula is C29H74ClN25O4. The summed E-state index contributed by atoms with van der Waals surface area (Å²) in [7, 11) is 1.50. The van der Waals surface area contributed by atoms with E-state index in [-0.39, 0.29) is 24.5 Å². The van der Waals surface area contributed by atoms with E-state index < -0.39 is 23.7 Å². The number of hydrazine groups is 9. The van der Waals surface area contributed by atoms with Crippen molar-refractivity contribution in [3.05, 3.63) is 47.0 Å². The molecule has 2 aromatic heterocycles. The summed E-state index contributed by atoms with van der Waals surface area (Å²) in [5, 5.41) is 27.2. The fourth-order valence-corrected chi connectivity index (χ4v) is 5.54. The molecule has 2 aliphatic carbocycles. The number of aliphatic hydroxyl groups is 2. The second-order valence-corrected chi connectivity index (χ2v) is 10.1. The zero-order valence-electron chi connectivity index (χ0n) is 32.9. The number of carbonyl (C=O) groups excluding carboxylic acids is 2. The highest BCUT2D eigenvalue weighted by atomic mass is 35.5. The summed E-state index contributed by atoms with van der Waals surface area (Å²) < 4.78 is 1.69. The number of benzene rings is 1. The van der Waals surface area contributed by atoms with Crippen molar-refractivity contribution >= 4 is 40.8 Å². The number of carbonyl (C=O) groups is 2. The molecule has 2 aliphatic rings. The summed E-state index contributed by atoms with van der Waals surface area (Å²) in [6.45, 7) is 2.97. The average molecular weight is 873 g/mol. The van der Waals surface area contributed by atoms with Gasteiger partial charge in [-0.2, -0.15) is 9.97 Å². The molecule has 0 spiro atoms. The van der Waals surface area contributed by atoms with E-state index in [0.717, 1.165) is 17.4 Å². The van der Waals surface area contributed by atoms with Crippen molar-refractivity contribution in [3.8, 4) is 11.8 Å². The lowest BCUT2D eigenvalue weighted by atomic mass is 10.0. The summed E-state index contributed by atoms with van der Waals surface area (Å²) in [6, 6.07) is 7.27. The molecule has 30 heteroatoms. The molecule has 0 radical (unpaired) electrons. The van der Waals surface area contributed by atoms with Gasteiger partial charge in [-0.15, -0.1) is 0 Å². The summed E-state index contributed by atoms with van der Waals surface area (Å²) >= 11 is 6.24. The number of hydrogen-bond donors (Lipinski definition) is 23. The van der Waals surface area contributed by atoms with Crippen LogP contribution in [0.3, 0.4) is 0 Å². The number of fused-ring (bicyclic) bond motifs is 2. The molecule has 5 rings (SSSR count). The summed E-state index contributed by atoms with van der Waals surface area (Å²) in [5.74, 6) is 78.6. The predicted octanol–water partition coefficient (Wildman–Crippen LogP) is -8.19. The van der Waals surface area contributed by atoms with Crippen molar-refractivity contribution in [2.24, 2.45) is 122 Å². The Hall–Kier alpha value is -4.28. The van der Waals surface area contributed by atoms with Crippen molar-refractivity contribution in [3.63, 3.8) is 0 Å². The van der Waals surface area contributed by atoms with E-state index in [4.69, 9.17) is 11.6 Å². The fraction of sp³-hybridized carbons (Fsp3) is 0.483. The van der Waals surface area contributed by atoms with E-state index in [9.17, 15) is 19.8 Å². The molecule has 2 heterocycles. The van der Waals surface area contributed by atoms with Gasteiger partial charge < -0.3 is 35.9 Å². The van der Waals surface area contributed by atoms with Gasteiger partial charge in [0.15, 0.2) is 17.0 Å². The van der Waals surface area contributed by atoms with Gasteiger partial charge in [-0.3, -0.25) is 110 Å². The summed E-state index contributed by atoms with van der Waals surface area (Å²) in [5.41, 5.74) is 6.34. The first kappa shape index (κ1) is 69.3. The van der Waals surface area contributed by atoms with Crippen LogP contribution >= 0.6 is 11.6 Å². The highest BCUT2D eigenvalue weighted by molar-refractivity contribution is 6.28. The number of aldehydes is 1. The second kappa shape index (κ2) is 46.4. The lowest BCUT2D eigenvalue weighted by molar-refractivity contribution is -0.121. The van der Waals surface area contributed by atoms with Crippen molar-refractivity contribution in [1.29, 1.82) is 0 Å². The number of aromatic nitrogens is 4. The molecule has 29 nitrogen and oxygen atoms in total. The minimum atomic E-state index is -1.13. The largest absolute Gasteiger partial charge is 0.389 e. The molecule has 346 valence electrons.